The van der Waals surface area contributed by atoms with Crippen molar-refractivity contribution in [3.63, 3.8) is 0 Å². The standard InChI is InChI=1S/C109H86N2O4/c1-6-9-12-15-18-22-58(5)110-106(112)87-53-49-83-65-28-27-57(4)91-63(31-32-68(93(65)91)84-50-54-88(107(110)113)104(87)102(83)84)60-29-30-64-67-34-36-70-72-38-40-74-76-42-44-78-80-46-48-82-86-52-56-90-105-89(108(114)111(109(90)115)59(23-19-16-13-10-7-2)24-20-17-14-11-8-3)55-51-85(103(86)105)81-47-45-79(100(80)101(81)82)77-43-41-75(98(76)99(77)78)73-39-37-71(96(72)97(73)74)69-35-33-66(94(67)95(69)70)62-26-21-25-61(60)92(62)64/h21,25-56,58-59H,6-20,22-24H2,1-5H3. The van der Waals surface area contributed by atoms with Crippen molar-refractivity contribution in [2.45, 2.75) is 162 Å². The van der Waals surface area contributed by atoms with Gasteiger partial charge < -0.3 is 0 Å². The van der Waals surface area contributed by atoms with Crippen molar-refractivity contribution in [3.05, 3.63) is 228 Å². The maximum Gasteiger partial charge on any atom is 0.261 e. The summed E-state index contributed by atoms with van der Waals surface area (Å²) in [5, 5.41) is 48.0. The van der Waals surface area contributed by atoms with Gasteiger partial charge >= 0.3 is 0 Å². The molecule has 2 aliphatic rings. The van der Waals surface area contributed by atoms with Crippen LogP contribution in [0, 0.1) is 6.92 Å². The molecule has 2 heterocycles. The lowest BCUT2D eigenvalue weighted by Gasteiger charge is -2.35. The molecule has 4 amide bonds. The molecule has 0 radical (unpaired) electrons. The van der Waals surface area contributed by atoms with Gasteiger partial charge in [-0.2, -0.15) is 0 Å². The topological polar surface area (TPSA) is 74.8 Å². The Morgan fingerprint density at radius 2 is 0.435 bits per heavy atom. The molecule has 0 N–H and O–H groups in total. The highest BCUT2D eigenvalue weighted by atomic mass is 16.2. The van der Waals surface area contributed by atoms with E-state index >= 15 is 9.59 Å². The van der Waals surface area contributed by atoms with Crippen LogP contribution in [0.4, 0.5) is 0 Å². The SMILES string of the molecule is CCCCCCCC(C)N1C(=O)c2ccc3c4ccc(C)c5c(-c6ccc7c8ccc9c%10ccc%11c%12ccc%13c%14ccc%15c%16ccc%17c%18c(ccc(c%19ccc(c%20ccc(c%21ccc(c%22ccc(c%23cccc6c%237)c8c%229)c%10c%21%11)c%12c%20%13)c%14c%19%15)c%18%16)C(=O)N(C(CCCCCCC)CCCCCCC)C%17=O)ccc(c6ccc(c2c36)C1=O)c54. The molecule has 0 saturated heterocycles. The van der Waals surface area contributed by atoms with Crippen LogP contribution >= 0.6 is 0 Å². The molecule has 0 fully saturated rings. The van der Waals surface area contributed by atoms with Crippen molar-refractivity contribution in [1.82, 2.24) is 9.80 Å². The summed E-state index contributed by atoms with van der Waals surface area (Å²) in [7, 11) is 0. The first-order valence-electron chi connectivity index (χ1n) is 43.1. The smallest absolute Gasteiger partial charge is 0.261 e. The molecule has 0 aromatic heterocycles. The van der Waals surface area contributed by atoms with E-state index in [4.69, 9.17) is 0 Å². The van der Waals surface area contributed by atoms with Gasteiger partial charge in [-0.25, -0.2) is 0 Å². The number of hydrogen-bond acceptors (Lipinski definition) is 4. The number of imide groups is 2. The lowest BCUT2D eigenvalue weighted by molar-refractivity contribution is 0.0509. The van der Waals surface area contributed by atoms with Crippen molar-refractivity contribution < 1.29 is 19.2 Å². The van der Waals surface area contributed by atoms with Crippen molar-refractivity contribution in [2.24, 2.45) is 0 Å². The van der Waals surface area contributed by atoms with Gasteiger partial charge in [0.2, 0.25) is 0 Å². The largest absolute Gasteiger partial charge is 0.272 e. The normalized spacial score (nSPS) is 14.3. The summed E-state index contributed by atoms with van der Waals surface area (Å²) in [6.45, 7) is 11.0. The van der Waals surface area contributed by atoms with Crippen LogP contribution in [0.15, 0.2) is 200 Å². The van der Waals surface area contributed by atoms with E-state index in [1.807, 2.05) is 31.2 Å². The Kier molecular flexibility index (Phi) is 14.6. The van der Waals surface area contributed by atoms with Gasteiger partial charge in [0.05, 0.1) is 0 Å². The van der Waals surface area contributed by atoms with Crippen LogP contribution in [-0.4, -0.2) is 45.5 Å². The molecule has 0 bridgehead atoms. The van der Waals surface area contributed by atoms with Crippen LogP contribution in [0.3, 0.4) is 0 Å². The number of fused-ring (bicyclic) bond motifs is 12. The molecule has 1 unspecified atom stereocenters. The second-order valence-electron chi connectivity index (χ2n) is 34.7. The Hall–Kier alpha value is -12.1. The number of aryl methyl sites for hydroxylation is 1. The Morgan fingerprint density at radius 3 is 0.757 bits per heavy atom. The van der Waals surface area contributed by atoms with E-state index in [1.165, 1.54) is 225 Å². The maximum absolute atomic E-state index is 15.1. The second-order valence-corrected chi connectivity index (χ2v) is 34.7. The first-order valence-corrected chi connectivity index (χ1v) is 43.1. The van der Waals surface area contributed by atoms with Crippen molar-refractivity contribution in [2.75, 3.05) is 0 Å². The van der Waals surface area contributed by atoms with Gasteiger partial charge in [0.25, 0.3) is 23.6 Å². The van der Waals surface area contributed by atoms with Crippen LogP contribution in [0.2, 0.25) is 0 Å². The van der Waals surface area contributed by atoms with E-state index in [1.54, 1.807) is 9.80 Å². The van der Waals surface area contributed by atoms with Gasteiger partial charge in [-0.1, -0.05) is 293 Å². The molecule has 6 heteroatoms. The summed E-state index contributed by atoms with van der Waals surface area (Å²) in [6.07, 6.45) is 19.7. The molecule has 24 rings (SSSR count). The maximum atomic E-state index is 15.1. The highest BCUT2D eigenvalue weighted by Crippen LogP contribution is 2.57. The first kappa shape index (κ1) is 67.4. The van der Waals surface area contributed by atoms with Gasteiger partial charge in [0.15, 0.2) is 0 Å². The third-order valence-corrected chi connectivity index (χ3v) is 28.8. The zero-order chi connectivity index (χ0) is 76.8. The quantitative estimate of drug-likeness (QED) is 0.0311. The van der Waals surface area contributed by atoms with Gasteiger partial charge in [-0.15, -0.1) is 0 Å². The molecule has 6 nitrogen and oxygen atoms in total. The highest BCUT2D eigenvalue weighted by molar-refractivity contribution is 6.51. The van der Waals surface area contributed by atoms with Crippen molar-refractivity contribution in [3.8, 4) is 11.1 Å². The zero-order valence-electron chi connectivity index (χ0n) is 66.0. The van der Waals surface area contributed by atoms with Gasteiger partial charge in [-0.05, 0) is 279 Å². The van der Waals surface area contributed by atoms with Crippen LogP contribution in [0.5, 0.6) is 0 Å². The number of unbranched alkanes of at least 4 members (excludes halogenated alkanes) is 12. The number of nitrogens with zero attached hydrogens (tertiary/aromatic N) is 2. The minimum absolute atomic E-state index is 0.108. The summed E-state index contributed by atoms with van der Waals surface area (Å²) >= 11 is 0. The van der Waals surface area contributed by atoms with Crippen molar-refractivity contribution >= 4 is 239 Å². The number of carbonyl (C=O) groups is 4. The third-order valence-electron chi connectivity index (χ3n) is 28.8. The van der Waals surface area contributed by atoms with E-state index in [9.17, 15) is 9.59 Å². The second kappa shape index (κ2) is 24.9. The van der Waals surface area contributed by atoms with E-state index in [-0.39, 0.29) is 35.7 Å². The van der Waals surface area contributed by atoms with E-state index in [2.05, 4.69) is 204 Å². The molecule has 0 spiro atoms. The zero-order valence-corrected chi connectivity index (χ0v) is 66.0. The van der Waals surface area contributed by atoms with Gasteiger partial charge in [0, 0.05) is 45.1 Å². The lowest BCUT2D eigenvalue weighted by Crippen LogP contribution is -2.47. The summed E-state index contributed by atoms with van der Waals surface area (Å²) in [5.74, 6) is -0.628. The van der Waals surface area contributed by atoms with Crippen LogP contribution in [0.25, 0.3) is 227 Å². The van der Waals surface area contributed by atoms with E-state index in [0.717, 1.165) is 122 Å². The summed E-state index contributed by atoms with van der Waals surface area (Å²) < 4.78 is 0. The minimum atomic E-state index is -0.183. The molecule has 22 aromatic carbocycles. The number of rotatable bonds is 21. The van der Waals surface area contributed by atoms with E-state index in [0.29, 0.717) is 22.3 Å². The number of benzene rings is 22. The summed E-state index contributed by atoms with van der Waals surface area (Å²) in [4.78, 5) is 62.6. The summed E-state index contributed by atoms with van der Waals surface area (Å²) in [5.41, 5.74) is 6.15. The molecule has 0 saturated carbocycles. The van der Waals surface area contributed by atoms with Crippen LogP contribution in [0.1, 0.15) is 190 Å². The fourth-order valence-corrected chi connectivity index (χ4v) is 23.6. The lowest BCUT2D eigenvalue weighted by atomic mass is 9.79. The molecule has 22 aromatic rings. The fraction of sp³-hybridized carbons (Fsp3) is 0.229. The predicted octanol–water partition coefficient (Wildman–Crippen LogP) is 30.4. The number of hydrogen-bond donors (Lipinski definition) is 0. The predicted molar refractivity (Wildman–Crippen MR) is 488 cm³/mol. The molecule has 1 atom stereocenters. The van der Waals surface area contributed by atoms with Crippen LogP contribution < -0.4 is 0 Å². The van der Waals surface area contributed by atoms with E-state index < -0.39 is 0 Å². The first-order chi connectivity index (χ1) is 56.5. The average Bonchev–Trinajstić information content (AvgIpc) is 0.677. The van der Waals surface area contributed by atoms with Crippen LogP contribution in [-0.2, 0) is 0 Å². The summed E-state index contributed by atoms with van der Waals surface area (Å²) in [6, 6.07) is 75.8. The molecule has 115 heavy (non-hydrogen) atoms. The Bertz CT molecular complexity index is 7690. The Balaban J connectivity index is 0.619. The number of amides is 4. The molecule has 2 aliphatic heterocycles. The monoisotopic (exact) mass is 1490 g/mol. The fourth-order valence-electron chi connectivity index (χ4n) is 23.6. The molecule has 556 valence electrons. The minimum Gasteiger partial charge on any atom is -0.272 e. The highest BCUT2D eigenvalue weighted by Gasteiger charge is 2.40. The van der Waals surface area contributed by atoms with Crippen molar-refractivity contribution in [1.29, 1.82) is 0 Å². The average molecular weight is 1490 g/mol. The van der Waals surface area contributed by atoms with Gasteiger partial charge in [-0.3, -0.25) is 29.0 Å². The molecule has 0 aliphatic carbocycles. The third kappa shape index (κ3) is 8.90. The molecular weight excluding hydrogens is 1400 g/mol. The Morgan fingerprint density at radius 1 is 0.209 bits per heavy atom. The van der Waals surface area contributed by atoms with Gasteiger partial charge in [0.1, 0.15) is 0 Å². The Labute approximate surface area is 665 Å². The number of carbonyl (C=O) groups excluding carboxylic acids is 4. The molecular formula is C109H86N2O4.